The summed E-state index contributed by atoms with van der Waals surface area (Å²) in [6.07, 6.45) is 2.71. The van der Waals surface area contributed by atoms with Crippen molar-refractivity contribution in [3.63, 3.8) is 0 Å². The van der Waals surface area contributed by atoms with Crippen LogP contribution in [0.25, 0.3) is 0 Å². The molecule has 0 saturated carbocycles. The molecule has 1 heterocycles. The van der Waals surface area contributed by atoms with E-state index in [2.05, 4.69) is 51.0 Å². The molecule has 1 saturated heterocycles. The number of alkyl halides is 1. The number of likely N-dealkylation sites (tertiary alicyclic amines) is 1. The van der Waals surface area contributed by atoms with Crippen LogP contribution in [0.1, 0.15) is 18.4 Å². The maximum Gasteiger partial charge on any atom is 0.0494 e. The van der Waals surface area contributed by atoms with Gasteiger partial charge in [0.15, 0.2) is 0 Å². The smallest absolute Gasteiger partial charge is 0.0494 e. The molecule has 18 heavy (non-hydrogen) atoms. The fraction of sp³-hybridized carbons (Fsp3) is 0.571. The van der Waals surface area contributed by atoms with Gasteiger partial charge in [-0.3, -0.25) is 0 Å². The summed E-state index contributed by atoms with van der Waals surface area (Å²) in [7, 11) is 2.15. The molecule has 1 aliphatic rings. The predicted molar refractivity (Wildman–Crippen MR) is 82.6 cm³/mol. The van der Waals surface area contributed by atoms with Gasteiger partial charge in [-0.25, -0.2) is 0 Å². The zero-order valence-corrected chi connectivity index (χ0v) is 13.2. The quantitative estimate of drug-likeness (QED) is 0.759. The first-order valence-corrected chi connectivity index (χ1v) is 7.81. The van der Waals surface area contributed by atoms with Crippen LogP contribution in [-0.2, 0) is 5.88 Å². The largest absolute Gasteiger partial charge is 0.373 e. The van der Waals surface area contributed by atoms with Gasteiger partial charge in [0.05, 0.1) is 0 Å². The standard InChI is InChI=1S/C14H20BrClN2/c1-17(8-9-18-6-2-3-7-18)14-10-13(15)5-4-12(14)11-16/h4-5,10H,2-3,6-9,11H2,1H3. The lowest BCUT2D eigenvalue weighted by atomic mass is 10.2. The lowest BCUT2D eigenvalue weighted by molar-refractivity contribution is 0.346. The third-order valence-corrected chi connectivity index (χ3v) is 4.33. The van der Waals surface area contributed by atoms with Gasteiger partial charge in [-0.15, -0.1) is 11.6 Å². The Hall–Kier alpha value is -0.250. The van der Waals surface area contributed by atoms with Gasteiger partial charge in [0.25, 0.3) is 0 Å². The molecule has 0 radical (unpaired) electrons. The second kappa shape index (κ2) is 6.78. The van der Waals surface area contributed by atoms with E-state index in [9.17, 15) is 0 Å². The van der Waals surface area contributed by atoms with Gasteiger partial charge in [-0.1, -0.05) is 22.0 Å². The first-order valence-electron chi connectivity index (χ1n) is 6.48. The molecule has 0 bridgehead atoms. The zero-order valence-electron chi connectivity index (χ0n) is 10.8. The second-order valence-corrected chi connectivity index (χ2v) is 6.06. The third kappa shape index (κ3) is 3.62. The Balaban J connectivity index is 1.98. The highest BCUT2D eigenvalue weighted by Gasteiger charge is 2.13. The molecule has 0 aromatic heterocycles. The number of halogens is 2. The summed E-state index contributed by atoms with van der Waals surface area (Å²) in [5.41, 5.74) is 2.43. The maximum absolute atomic E-state index is 6.00. The molecular formula is C14H20BrClN2. The van der Waals surface area contributed by atoms with Crippen molar-refractivity contribution in [2.24, 2.45) is 0 Å². The van der Waals surface area contributed by atoms with Crippen molar-refractivity contribution in [3.05, 3.63) is 28.2 Å². The van der Waals surface area contributed by atoms with Crippen molar-refractivity contribution in [3.8, 4) is 0 Å². The molecule has 1 aliphatic heterocycles. The first-order chi connectivity index (χ1) is 8.70. The second-order valence-electron chi connectivity index (χ2n) is 4.88. The minimum absolute atomic E-state index is 0.566. The number of benzene rings is 1. The summed E-state index contributed by atoms with van der Waals surface area (Å²) in [5, 5.41) is 0. The Morgan fingerprint density at radius 2 is 2.06 bits per heavy atom. The molecular weight excluding hydrogens is 312 g/mol. The van der Waals surface area contributed by atoms with E-state index in [1.54, 1.807) is 0 Å². The molecule has 0 atom stereocenters. The number of likely N-dealkylation sites (N-methyl/N-ethyl adjacent to an activating group) is 1. The number of hydrogen-bond donors (Lipinski definition) is 0. The molecule has 1 aromatic carbocycles. The van der Waals surface area contributed by atoms with Crippen molar-refractivity contribution >= 4 is 33.2 Å². The zero-order chi connectivity index (χ0) is 13.0. The molecule has 0 aliphatic carbocycles. The molecule has 0 amide bonds. The summed E-state index contributed by atoms with van der Waals surface area (Å²) < 4.78 is 1.11. The van der Waals surface area contributed by atoms with Crippen LogP contribution in [0, 0.1) is 0 Å². The maximum atomic E-state index is 6.00. The van der Waals surface area contributed by atoms with Crippen LogP contribution in [0.3, 0.4) is 0 Å². The minimum atomic E-state index is 0.566. The highest BCUT2D eigenvalue weighted by molar-refractivity contribution is 9.10. The third-order valence-electron chi connectivity index (χ3n) is 3.55. The van der Waals surface area contributed by atoms with Gasteiger partial charge in [-0.05, 0) is 43.6 Å². The van der Waals surface area contributed by atoms with E-state index in [4.69, 9.17) is 11.6 Å². The average Bonchev–Trinajstić information content (AvgIpc) is 2.89. The predicted octanol–water partition coefficient (Wildman–Crippen LogP) is 3.72. The Kier molecular flexibility index (Phi) is 5.34. The lowest BCUT2D eigenvalue weighted by Gasteiger charge is -2.25. The molecule has 4 heteroatoms. The van der Waals surface area contributed by atoms with Crippen LogP contribution in [0.15, 0.2) is 22.7 Å². The van der Waals surface area contributed by atoms with Crippen LogP contribution < -0.4 is 4.90 Å². The number of anilines is 1. The van der Waals surface area contributed by atoms with E-state index in [-0.39, 0.29) is 0 Å². The molecule has 1 fully saturated rings. The van der Waals surface area contributed by atoms with Crippen molar-refractivity contribution in [2.75, 3.05) is 38.1 Å². The Morgan fingerprint density at radius 3 is 2.72 bits per heavy atom. The van der Waals surface area contributed by atoms with E-state index >= 15 is 0 Å². The summed E-state index contributed by atoms with van der Waals surface area (Å²) in [6, 6.07) is 6.30. The fourth-order valence-electron chi connectivity index (χ4n) is 2.42. The van der Waals surface area contributed by atoms with E-state index in [0.717, 1.165) is 17.6 Å². The highest BCUT2D eigenvalue weighted by Crippen LogP contribution is 2.25. The van der Waals surface area contributed by atoms with Gasteiger partial charge in [0, 0.05) is 36.2 Å². The van der Waals surface area contributed by atoms with E-state index in [1.165, 1.54) is 37.2 Å². The number of nitrogens with zero attached hydrogens (tertiary/aromatic N) is 2. The number of hydrogen-bond acceptors (Lipinski definition) is 2. The van der Waals surface area contributed by atoms with Gasteiger partial charge in [0.1, 0.15) is 0 Å². The summed E-state index contributed by atoms with van der Waals surface area (Å²) in [6.45, 7) is 4.72. The molecule has 0 spiro atoms. The number of rotatable bonds is 5. The van der Waals surface area contributed by atoms with Gasteiger partial charge in [0.2, 0.25) is 0 Å². The van der Waals surface area contributed by atoms with Crippen LogP contribution in [0.4, 0.5) is 5.69 Å². The van der Waals surface area contributed by atoms with Gasteiger partial charge >= 0.3 is 0 Å². The molecule has 0 N–H and O–H groups in total. The Morgan fingerprint density at radius 1 is 1.33 bits per heavy atom. The Bertz CT molecular complexity index is 391. The highest BCUT2D eigenvalue weighted by atomic mass is 79.9. The topological polar surface area (TPSA) is 6.48 Å². The van der Waals surface area contributed by atoms with E-state index in [0.29, 0.717) is 5.88 Å². The molecule has 2 nitrogen and oxygen atoms in total. The lowest BCUT2D eigenvalue weighted by Crippen LogP contribution is -2.31. The van der Waals surface area contributed by atoms with Crippen molar-refractivity contribution in [1.29, 1.82) is 0 Å². The van der Waals surface area contributed by atoms with Gasteiger partial charge in [-0.2, -0.15) is 0 Å². The van der Waals surface area contributed by atoms with Crippen LogP contribution >= 0.6 is 27.5 Å². The molecule has 100 valence electrons. The first kappa shape index (κ1) is 14.2. The average molecular weight is 332 g/mol. The van der Waals surface area contributed by atoms with Crippen molar-refractivity contribution in [2.45, 2.75) is 18.7 Å². The monoisotopic (exact) mass is 330 g/mol. The molecule has 1 aromatic rings. The van der Waals surface area contributed by atoms with Crippen LogP contribution in [-0.4, -0.2) is 38.1 Å². The van der Waals surface area contributed by atoms with Crippen LogP contribution in [0.5, 0.6) is 0 Å². The normalized spacial score (nSPS) is 16.2. The molecule has 0 unspecified atom stereocenters. The van der Waals surface area contributed by atoms with Gasteiger partial charge < -0.3 is 9.80 Å². The van der Waals surface area contributed by atoms with E-state index in [1.807, 2.05) is 0 Å². The fourth-order valence-corrected chi connectivity index (χ4v) is 3.00. The SMILES string of the molecule is CN(CCN1CCCC1)c1cc(Br)ccc1CCl. The van der Waals surface area contributed by atoms with Crippen molar-refractivity contribution < 1.29 is 0 Å². The van der Waals surface area contributed by atoms with Crippen LogP contribution in [0.2, 0.25) is 0 Å². The van der Waals surface area contributed by atoms with Crippen molar-refractivity contribution in [1.82, 2.24) is 4.90 Å². The summed E-state index contributed by atoms with van der Waals surface area (Å²) in [5.74, 6) is 0.566. The summed E-state index contributed by atoms with van der Waals surface area (Å²) in [4.78, 5) is 4.84. The Labute approximate surface area is 123 Å². The molecule has 2 rings (SSSR count). The summed E-state index contributed by atoms with van der Waals surface area (Å²) >= 11 is 9.53. The minimum Gasteiger partial charge on any atom is -0.373 e. The van der Waals surface area contributed by atoms with E-state index < -0.39 is 0 Å².